The number of pyridine rings is 1. The topological polar surface area (TPSA) is 53.4 Å². The van der Waals surface area contributed by atoms with Gasteiger partial charge < -0.3 is 5.11 Å². The fraction of sp³-hybridized carbons (Fsp3) is 0.538. The first-order valence-corrected chi connectivity index (χ1v) is 6.13. The number of nitrogens with zero attached hydrogens (tertiary/aromatic N) is 2. The highest BCUT2D eigenvalue weighted by atomic mass is 16.4. The summed E-state index contributed by atoms with van der Waals surface area (Å²) in [6.07, 6.45) is 5.09. The smallest absolute Gasteiger partial charge is 0.354 e. The average Bonchev–Trinajstić information content (AvgIpc) is 2.77. The van der Waals surface area contributed by atoms with Crippen molar-refractivity contribution >= 4 is 5.97 Å². The average molecular weight is 234 g/mol. The zero-order valence-corrected chi connectivity index (χ0v) is 10.1. The first kappa shape index (κ1) is 12.0. The number of carbonyl (C=O) groups is 1. The van der Waals surface area contributed by atoms with Gasteiger partial charge in [0.25, 0.3) is 0 Å². The maximum atomic E-state index is 11.1. The molecule has 1 saturated heterocycles. The van der Waals surface area contributed by atoms with Crippen molar-refractivity contribution in [1.82, 2.24) is 9.88 Å². The van der Waals surface area contributed by atoms with E-state index in [2.05, 4.69) is 16.8 Å². The van der Waals surface area contributed by atoms with Crippen molar-refractivity contribution in [1.29, 1.82) is 0 Å². The first-order valence-electron chi connectivity index (χ1n) is 6.13. The van der Waals surface area contributed by atoms with Crippen molar-refractivity contribution in [2.75, 3.05) is 6.54 Å². The molecule has 0 aromatic carbocycles. The standard InChI is InChI=1S/C13H18N2O2/c1-2-11-6-4-8-15(11)9-10-5-3-7-14-12(10)13(16)17/h3,5,7,11H,2,4,6,8-9H2,1H3,(H,16,17). The minimum Gasteiger partial charge on any atom is -0.477 e. The van der Waals surface area contributed by atoms with Gasteiger partial charge in [0, 0.05) is 18.8 Å². The van der Waals surface area contributed by atoms with E-state index in [0.29, 0.717) is 12.6 Å². The summed E-state index contributed by atoms with van der Waals surface area (Å²) in [5.41, 5.74) is 1.01. The van der Waals surface area contributed by atoms with E-state index >= 15 is 0 Å². The summed E-state index contributed by atoms with van der Waals surface area (Å²) in [5.74, 6) is -0.937. The van der Waals surface area contributed by atoms with Gasteiger partial charge >= 0.3 is 5.97 Å². The molecule has 2 rings (SSSR count). The van der Waals surface area contributed by atoms with Crippen LogP contribution in [-0.2, 0) is 6.54 Å². The van der Waals surface area contributed by atoms with E-state index in [-0.39, 0.29) is 5.69 Å². The van der Waals surface area contributed by atoms with Crippen LogP contribution in [-0.4, -0.2) is 33.5 Å². The quantitative estimate of drug-likeness (QED) is 0.867. The van der Waals surface area contributed by atoms with Gasteiger partial charge in [0.1, 0.15) is 0 Å². The number of carboxylic acid groups (broad SMARTS) is 1. The number of carboxylic acids is 1. The molecule has 1 atom stereocenters. The van der Waals surface area contributed by atoms with Crippen LogP contribution in [0.2, 0.25) is 0 Å². The molecule has 0 amide bonds. The van der Waals surface area contributed by atoms with Gasteiger partial charge in [-0.2, -0.15) is 0 Å². The van der Waals surface area contributed by atoms with Crippen molar-refractivity contribution in [2.24, 2.45) is 0 Å². The maximum Gasteiger partial charge on any atom is 0.354 e. The normalized spacial score (nSPS) is 20.6. The van der Waals surface area contributed by atoms with Gasteiger partial charge in [-0.25, -0.2) is 9.78 Å². The lowest BCUT2D eigenvalue weighted by atomic mass is 10.1. The molecule has 1 aliphatic heterocycles. The number of hydrogen-bond acceptors (Lipinski definition) is 3. The lowest BCUT2D eigenvalue weighted by Crippen LogP contribution is -2.29. The summed E-state index contributed by atoms with van der Waals surface area (Å²) < 4.78 is 0. The van der Waals surface area contributed by atoms with Gasteiger partial charge in [-0.05, 0) is 37.4 Å². The van der Waals surface area contributed by atoms with Crippen LogP contribution in [0, 0.1) is 0 Å². The summed E-state index contributed by atoms with van der Waals surface area (Å²) in [4.78, 5) is 17.4. The van der Waals surface area contributed by atoms with Gasteiger partial charge in [0.15, 0.2) is 5.69 Å². The molecule has 0 bridgehead atoms. The van der Waals surface area contributed by atoms with Gasteiger partial charge in [0.2, 0.25) is 0 Å². The molecule has 1 N–H and O–H groups in total. The Bertz CT molecular complexity index is 406. The van der Waals surface area contributed by atoms with Crippen LogP contribution in [0.25, 0.3) is 0 Å². The summed E-state index contributed by atoms with van der Waals surface area (Å²) >= 11 is 0. The van der Waals surface area contributed by atoms with E-state index in [0.717, 1.165) is 18.5 Å². The van der Waals surface area contributed by atoms with E-state index in [1.807, 2.05) is 6.07 Å². The van der Waals surface area contributed by atoms with Crippen molar-refractivity contribution in [3.8, 4) is 0 Å². The number of aromatic carboxylic acids is 1. The SMILES string of the molecule is CCC1CCCN1Cc1cccnc1C(=O)O. The van der Waals surface area contributed by atoms with Gasteiger partial charge in [-0.3, -0.25) is 4.90 Å². The van der Waals surface area contributed by atoms with E-state index in [4.69, 9.17) is 5.11 Å². The largest absolute Gasteiger partial charge is 0.477 e. The Morgan fingerprint density at radius 2 is 2.47 bits per heavy atom. The van der Waals surface area contributed by atoms with Crippen molar-refractivity contribution in [3.63, 3.8) is 0 Å². The minimum absolute atomic E-state index is 0.189. The molecule has 0 saturated carbocycles. The minimum atomic E-state index is -0.937. The molecule has 4 heteroatoms. The number of rotatable bonds is 4. The molecular formula is C13H18N2O2. The molecule has 0 radical (unpaired) electrons. The molecule has 0 aliphatic carbocycles. The summed E-state index contributed by atoms with van der Waals surface area (Å²) in [5, 5.41) is 9.08. The molecule has 17 heavy (non-hydrogen) atoms. The fourth-order valence-electron chi connectivity index (χ4n) is 2.54. The molecule has 0 spiro atoms. The van der Waals surface area contributed by atoms with Gasteiger partial charge in [0.05, 0.1) is 0 Å². The second kappa shape index (κ2) is 5.27. The summed E-state index contributed by atoms with van der Waals surface area (Å²) in [6, 6.07) is 4.26. The van der Waals surface area contributed by atoms with E-state index < -0.39 is 5.97 Å². The van der Waals surface area contributed by atoms with Crippen molar-refractivity contribution in [3.05, 3.63) is 29.6 Å². The molecule has 1 unspecified atom stereocenters. The van der Waals surface area contributed by atoms with E-state index in [1.54, 1.807) is 6.07 Å². The molecule has 1 aliphatic rings. The Kier molecular flexibility index (Phi) is 3.74. The van der Waals surface area contributed by atoms with Gasteiger partial charge in [-0.15, -0.1) is 0 Å². The van der Waals surface area contributed by atoms with Crippen LogP contribution in [0.15, 0.2) is 18.3 Å². The first-order chi connectivity index (χ1) is 8.22. The highest BCUT2D eigenvalue weighted by Crippen LogP contribution is 2.22. The number of hydrogen-bond donors (Lipinski definition) is 1. The Labute approximate surface area is 101 Å². The molecule has 1 aromatic heterocycles. The Morgan fingerprint density at radius 3 is 3.18 bits per heavy atom. The second-order valence-electron chi connectivity index (χ2n) is 4.49. The van der Waals surface area contributed by atoms with Crippen LogP contribution in [0.5, 0.6) is 0 Å². The molecular weight excluding hydrogens is 216 g/mol. The van der Waals surface area contributed by atoms with Crippen LogP contribution in [0.4, 0.5) is 0 Å². The third-order valence-corrected chi connectivity index (χ3v) is 3.44. The molecule has 2 heterocycles. The highest BCUT2D eigenvalue weighted by molar-refractivity contribution is 5.86. The number of likely N-dealkylation sites (tertiary alicyclic amines) is 1. The summed E-state index contributed by atoms with van der Waals surface area (Å²) in [7, 11) is 0. The van der Waals surface area contributed by atoms with E-state index in [9.17, 15) is 4.79 Å². The van der Waals surface area contributed by atoms with E-state index in [1.165, 1.54) is 19.0 Å². The predicted molar refractivity (Wildman–Crippen MR) is 64.9 cm³/mol. The van der Waals surface area contributed by atoms with Crippen LogP contribution < -0.4 is 0 Å². The second-order valence-corrected chi connectivity index (χ2v) is 4.49. The van der Waals surface area contributed by atoms with Crippen LogP contribution >= 0.6 is 0 Å². The third kappa shape index (κ3) is 2.64. The predicted octanol–water partition coefficient (Wildman–Crippen LogP) is 2.15. The lowest BCUT2D eigenvalue weighted by Gasteiger charge is -2.23. The molecule has 1 aromatic rings. The maximum absolute atomic E-state index is 11.1. The molecule has 1 fully saturated rings. The Morgan fingerprint density at radius 1 is 1.65 bits per heavy atom. The summed E-state index contributed by atoms with van der Waals surface area (Å²) in [6.45, 7) is 3.95. The van der Waals surface area contributed by atoms with Gasteiger partial charge in [-0.1, -0.05) is 13.0 Å². The monoisotopic (exact) mass is 234 g/mol. The van der Waals surface area contributed by atoms with Crippen LogP contribution in [0.3, 0.4) is 0 Å². The van der Waals surface area contributed by atoms with Crippen molar-refractivity contribution in [2.45, 2.75) is 38.8 Å². The van der Waals surface area contributed by atoms with Crippen molar-refractivity contribution < 1.29 is 9.90 Å². The zero-order chi connectivity index (χ0) is 12.3. The Balaban J connectivity index is 2.15. The molecule has 4 nitrogen and oxygen atoms in total. The number of aromatic nitrogens is 1. The fourth-order valence-corrected chi connectivity index (χ4v) is 2.54. The lowest BCUT2D eigenvalue weighted by molar-refractivity contribution is 0.0687. The molecule has 92 valence electrons. The Hall–Kier alpha value is -1.42. The zero-order valence-electron chi connectivity index (χ0n) is 10.1. The van der Waals surface area contributed by atoms with Crippen LogP contribution in [0.1, 0.15) is 42.2 Å². The highest BCUT2D eigenvalue weighted by Gasteiger charge is 2.24. The third-order valence-electron chi connectivity index (χ3n) is 3.44.